The Morgan fingerprint density at radius 2 is 0.625 bits per heavy atom. The van der Waals surface area contributed by atoms with Crippen molar-refractivity contribution >= 4 is 66.4 Å². The fourth-order valence-electron chi connectivity index (χ4n) is 7.05. The molecule has 0 fully saturated rings. The number of rotatable bonds is 8. The number of fused-ring (bicyclic) bond motifs is 5. The summed E-state index contributed by atoms with van der Waals surface area (Å²) in [7, 11) is 0. The third kappa shape index (κ3) is 5.26. The summed E-state index contributed by atoms with van der Waals surface area (Å²) in [6.45, 7) is 4.42. The van der Waals surface area contributed by atoms with E-state index in [9.17, 15) is 0 Å². The minimum atomic E-state index is 1.02. The van der Waals surface area contributed by atoms with Crippen molar-refractivity contribution in [3.63, 3.8) is 0 Å². The fraction of sp³-hybridized carbons (Fsp3) is 0.0870. The van der Waals surface area contributed by atoms with E-state index in [4.69, 9.17) is 0 Å². The molecule has 232 valence electrons. The highest BCUT2D eigenvalue weighted by atomic mass is 15.1. The average molecular weight is 619 g/mol. The first-order valence-corrected chi connectivity index (χ1v) is 17.0. The largest absolute Gasteiger partial charge is 0.310 e. The van der Waals surface area contributed by atoms with Gasteiger partial charge in [-0.05, 0) is 106 Å². The van der Waals surface area contributed by atoms with Crippen molar-refractivity contribution in [1.82, 2.24) is 0 Å². The molecule has 0 aliphatic carbocycles. The van der Waals surface area contributed by atoms with Crippen LogP contribution in [-0.4, -0.2) is 0 Å². The molecule has 0 saturated heterocycles. The number of hydrogen-bond donors (Lipinski definition) is 0. The van der Waals surface area contributed by atoms with Crippen LogP contribution in [0.15, 0.2) is 170 Å². The van der Waals surface area contributed by atoms with E-state index in [1.54, 1.807) is 0 Å². The maximum atomic E-state index is 2.41. The zero-order valence-electron chi connectivity index (χ0n) is 27.5. The Morgan fingerprint density at radius 1 is 0.312 bits per heavy atom. The predicted molar refractivity (Wildman–Crippen MR) is 207 cm³/mol. The molecule has 0 radical (unpaired) electrons. The van der Waals surface area contributed by atoms with Crippen LogP contribution in [0.1, 0.15) is 25.0 Å². The summed E-state index contributed by atoms with van der Waals surface area (Å²) in [5.41, 5.74) is 9.57. The van der Waals surface area contributed by atoms with Crippen molar-refractivity contribution in [2.75, 3.05) is 9.80 Å². The Labute approximate surface area is 283 Å². The van der Waals surface area contributed by atoms with Crippen molar-refractivity contribution in [3.8, 4) is 0 Å². The Morgan fingerprint density at radius 3 is 0.979 bits per heavy atom. The van der Waals surface area contributed by atoms with Gasteiger partial charge in [0, 0.05) is 33.5 Å². The van der Waals surface area contributed by atoms with Gasteiger partial charge in [-0.15, -0.1) is 0 Å². The number of aryl methyl sites for hydroxylation is 2. The van der Waals surface area contributed by atoms with E-state index in [1.807, 2.05) is 0 Å². The van der Waals surface area contributed by atoms with E-state index in [2.05, 4.69) is 194 Å². The van der Waals surface area contributed by atoms with E-state index < -0.39 is 0 Å². The SMILES string of the molecule is CCc1ccc(N(c2ccccc2)c2cc3c4ccccc4c(N(c4ccccc4)c4ccc(CC)cc4)cc3c3ccccc23)cc1. The summed E-state index contributed by atoms with van der Waals surface area (Å²) in [5, 5.41) is 7.38. The van der Waals surface area contributed by atoms with Crippen LogP contribution >= 0.6 is 0 Å². The molecule has 0 saturated carbocycles. The highest BCUT2D eigenvalue weighted by Gasteiger charge is 2.21. The molecule has 0 spiro atoms. The molecule has 0 unspecified atom stereocenters. The van der Waals surface area contributed by atoms with Gasteiger partial charge < -0.3 is 9.80 Å². The Kier molecular flexibility index (Phi) is 7.84. The fourth-order valence-corrected chi connectivity index (χ4v) is 7.05. The molecule has 0 atom stereocenters. The van der Waals surface area contributed by atoms with Gasteiger partial charge in [-0.1, -0.05) is 123 Å². The first-order chi connectivity index (χ1) is 23.7. The molecule has 0 bridgehead atoms. The van der Waals surface area contributed by atoms with Gasteiger partial charge in [-0.3, -0.25) is 0 Å². The van der Waals surface area contributed by atoms with E-state index in [0.717, 1.165) is 35.6 Å². The summed E-state index contributed by atoms with van der Waals surface area (Å²) in [4.78, 5) is 4.82. The third-order valence-electron chi connectivity index (χ3n) is 9.55. The second kappa shape index (κ2) is 12.7. The van der Waals surface area contributed by atoms with Gasteiger partial charge >= 0.3 is 0 Å². The number of hydrogen-bond acceptors (Lipinski definition) is 2. The molecule has 0 heterocycles. The topological polar surface area (TPSA) is 6.48 Å². The van der Waals surface area contributed by atoms with Gasteiger partial charge in [0.2, 0.25) is 0 Å². The lowest BCUT2D eigenvalue weighted by atomic mass is 9.93. The standard InChI is InChI=1S/C46H38N2/c1-3-33-23-27-37(28-24-33)47(35-15-7-5-8-16-35)45-31-43-40-20-12-14-22-42(40)46(32-44(43)39-19-11-13-21-41(39)45)48(36-17-9-6-10-18-36)38-29-25-34(4-2)26-30-38/h5-32H,3-4H2,1-2H3. The second-order valence-corrected chi connectivity index (χ2v) is 12.4. The minimum Gasteiger partial charge on any atom is -0.310 e. The highest BCUT2D eigenvalue weighted by Crippen LogP contribution is 2.47. The van der Waals surface area contributed by atoms with Crippen LogP contribution in [0.3, 0.4) is 0 Å². The van der Waals surface area contributed by atoms with Gasteiger partial charge in [-0.25, -0.2) is 0 Å². The van der Waals surface area contributed by atoms with Crippen LogP contribution in [0.25, 0.3) is 32.3 Å². The first kappa shape index (κ1) is 29.5. The van der Waals surface area contributed by atoms with Crippen molar-refractivity contribution in [2.24, 2.45) is 0 Å². The van der Waals surface area contributed by atoms with Crippen LogP contribution in [0, 0.1) is 0 Å². The van der Waals surface area contributed by atoms with Crippen molar-refractivity contribution < 1.29 is 0 Å². The molecule has 8 aromatic rings. The van der Waals surface area contributed by atoms with Crippen molar-refractivity contribution in [3.05, 3.63) is 181 Å². The normalized spacial score (nSPS) is 11.3. The quantitative estimate of drug-likeness (QED) is 0.156. The molecule has 0 amide bonds. The molecule has 0 aliphatic rings. The van der Waals surface area contributed by atoms with Gasteiger partial charge in [0.1, 0.15) is 0 Å². The lowest BCUT2D eigenvalue weighted by Crippen LogP contribution is -2.12. The Balaban J connectivity index is 1.44. The Hall–Kier alpha value is -5.86. The number of para-hydroxylation sites is 2. The van der Waals surface area contributed by atoms with Gasteiger partial charge in [0.25, 0.3) is 0 Å². The third-order valence-corrected chi connectivity index (χ3v) is 9.55. The number of anilines is 6. The molecule has 48 heavy (non-hydrogen) atoms. The molecule has 8 rings (SSSR count). The molecule has 0 aliphatic heterocycles. The first-order valence-electron chi connectivity index (χ1n) is 17.0. The van der Waals surface area contributed by atoms with Crippen LogP contribution in [0.4, 0.5) is 34.1 Å². The smallest absolute Gasteiger partial charge is 0.0546 e. The average Bonchev–Trinajstić information content (AvgIpc) is 3.16. The van der Waals surface area contributed by atoms with E-state index in [0.29, 0.717) is 0 Å². The van der Waals surface area contributed by atoms with Gasteiger partial charge in [0.05, 0.1) is 11.4 Å². The summed E-state index contributed by atoms with van der Waals surface area (Å²) >= 11 is 0. The van der Waals surface area contributed by atoms with Crippen molar-refractivity contribution in [1.29, 1.82) is 0 Å². The van der Waals surface area contributed by atoms with Crippen LogP contribution in [0.5, 0.6) is 0 Å². The maximum Gasteiger partial charge on any atom is 0.0546 e. The van der Waals surface area contributed by atoms with E-state index in [1.165, 1.54) is 54.8 Å². The minimum absolute atomic E-state index is 1.02. The Bertz CT molecular complexity index is 2170. The lowest BCUT2D eigenvalue weighted by molar-refractivity contribution is 1.14. The van der Waals surface area contributed by atoms with E-state index in [-0.39, 0.29) is 0 Å². The van der Waals surface area contributed by atoms with Crippen LogP contribution < -0.4 is 9.80 Å². The zero-order chi connectivity index (χ0) is 32.5. The maximum absolute atomic E-state index is 2.41. The summed E-state index contributed by atoms with van der Waals surface area (Å²) < 4.78 is 0. The van der Waals surface area contributed by atoms with Gasteiger partial charge in [0.15, 0.2) is 0 Å². The summed E-state index contributed by atoms with van der Waals surface area (Å²) in [5.74, 6) is 0. The lowest BCUT2D eigenvalue weighted by Gasteiger charge is -2.30. The predicted octanol–water partition coefficient (Wildman–Crippen LogP) is 13.2. The molecular formula is C46H38N2. The molecular weight excluding hydrogens is 581 g/mol. The molecule has 0 aromatic heterocycles. The monoisotopic (exact) mass is 618 g/mol. The van der Waals surface area contributed by atoms with E-state index >= 15 is 0 Å². The zero-order valence-corrected chi connectivity index (χ0v) is 27.5. The molecule has 0 N–H and O–H groups in total. The van der Waals surface area contributed by atoms with Crippen LogP contribution in [0.2, 0.25) is 0 Å². The highest BCUT2D eigenvalue weighted by molar-refractivity contribution is 6.24. The van der Waals surface area contributed by atoms with Crippen molar-refractivity contribution in [2.45, 2.75) is 26.7 Å². The van der Waals surface area contributed by atoms with Crippen LogP contribution in [-0.2, 0) is 12.8 Å². The molecule has 2 heteroatoms. The second-order valence-electron chi connectivity index (χ2n) is 12.4. The summed E-state index contributed by atoms with van der Waals surface area (Å²) in [6, 6.07) is 62.1. The number of benzene rings is 8. The molecule has 2 nitrogen and oxygen atoms in total. The van der Waals surface area contributed by atoms with Gasteiger partial charge in [-0.2, -0.15) is 0 Å². The number of nitrogens with zero attached hydrogens (tertiary/aromatic N) is 2. The molecule has 8 aromatic carbocycles. The summed E-state index contributed by atoms with van der Waals surface area (Å²) in [6.07, 6.45) is 2.03.